The van der Waals surface area contributed by atoms with Gasteiger partial charge in [-0.25, -0.2) is 9.37 Å². The first-order chi connectivity index (χ1) is 19.5. The van der Waals surface area contributed by atoms with Crippen LogP contribution >= 0.6 is 11.6 Å². The maximum Gasteiger partial charge on any atom is 0.296 e. The lowest BCUT2D eigenvalue weighted by Crippen LogP contribution is -2.34. The van der Waals surface area contributed by atoms with Gasteiger partial charge in [0, 0.05) is 18.2 Å². The summed E-state index contributed by atoms with van der Waals surface area (Å²) in [7, 11) is 0. The molecule has 3 aliphatic heterocycles. The Morgan fingerprint density at radius 2 is 1.98 bits per heavy atom. The van der Waals surface area contributed by atoms with Crippen LogP contribution in [0.15, 0.2) is 18.2 Å². The third kappa shape index (κ3) is 5.09. The molecule has 7 rings (SSSR count). The molecular weight excluding hydrogens is 541 g/mol. The quantitative estimate of drug-likeness (QED) is 0.372. The summed E-state index contributed by atoms with van der Waals surface area (Å²) in [6.07, 6.45) is 3.42. The van der Waals surface area contributed by atoms with Crippen LogP contribution in [0.25, 0.3) is 11.2 Å². The van der Waals surface area contributed by atoms with E-state index in [-0.39, 0.29) is 30.6 Å². The van der Waals surface area contributed by atoms with E-state index in [9.17, 15) is 5.11 Å². The van der Waals surface area contributed by atoms with Crippen molar-refractivity contribution < 1.29 is 28.4 Å². The van der Waals surface area contributed by atoms with E-state index < -0.39 is 18.3 Å². The topological polar surface area (TPSA) is 114 Å². The SMILES string of the molecule is O[C@@H]1COC2C1OC[C@H]2Oc1nc2nc(NC3CCc4cc(OCCN5CCCCC5)cc(F)c43)c(Cl)cc2[nH]1. The Kier molecular flexibility index (Phi) is 7.17. The highest BCUT2D eigenvalue weighted by Gasteiger charge is 2.48. The molecule has 3 N–H and O–H groups in total. The number of imidazole rings is 1. The fourth-order valence-corrected chi connectivity index (χ4v) is 6.50. The van der Waals surface area contributed by atoms with Crippen molar-refractivity contribution >= 4 is 28.6 Å². The summed E-state index contributed by atoms with van der Waals surface area (Å²) in [5.41, 5.74) is 2.59. The molecule has 1 aromatic carbocycles. The highest BCUT2D eigenvalue weighted by Crippen LogP contribution is 2.39. The van der Waals surface area contributed by atoms with Crippen molar-refractivity contribution in [1.82, 2.24) is 19.9 Å². The molecule has 5 heterocycles. The third-order valence-corrected chi connectivity index (χ3v) is 8.61. The summed E-state index contributed by atoms with van der Waals surface area (Å²) < 4.78 is 38.4. The molecule has 2 aromatic heterocycles. The molecule has 4 aliphatic rings. The maximum absolute atomic E-state index is 15.3. The molecule has 0 saturated carbocycles. The van der Waals surface area contributed by atoms with Crippen molar-refractivity contribution in [3.8, 4) is 11.8 Å². The molecular formula is C28H33ClFN5O5. The number of halogens is 2. The van der Waals surface area contributed by atoms with Crippen molar-refractivity contribution in [2.24, 2.45) is 0 Å². The van der Waals surface area contributed by atoms with Crippen molar-refractivity contribution in [3.63, 3.8) is 0 Å². The minimum atomic E-state index is -0.655. The van der Waals surface area contributed by atoms with E-state index in [0.717, 1.165) is 31.6 Å². The van der Waals surface area contributed by atoms with E-state index in [4.69, 9.17) is 30.5 Å². The van der Waals surface area contributed by atoms with E-state index in [1.165, 1.54) is 25.3 Å². The van der Waals surface area contributed by atoms with Gasteiger partial charge in [-0.2, -0.15) is 4.98 Å². The second kappa shape index (κ2) is 10.9. The number of aromatic nitrogens is 3. The van der Waals surface area contributed by atoms with Gasteiger partial charge >= 0.3 is 0 Å². The van der Waals surface area contributed by atoms with Crippen LogP contribution in [0.5, 0.6) is 11.8 Å². The fraction of sp³-hybridized carbons (Fsp3) is 0.571. The molecule has 3 fully saturated rings. The minimum absolute atomic E-state index is 0.222. The van der Waals surface area contributed by atoms with Crippen molar-refractivity contribution in [2.45, 2.75) is 62.6 Å². The number of aryl methyl sites for hydroxylation is 1. The van der Waals surface area contributed by atoms with Gasteiger partial charge in [0.05, 0.1) is 29.8 Å². The summed E-state index contributed by atoms with van der Waals surface area (Å²) in [4.78, 5) is 14.6. The predicted octanol–water partition coefficient (Wildman–Crippen LogP) is 3.62. The molecule has 0 bridgehead atoms. The second-order valence-corrected chi connectivity index (χ2v) is 11.4. The summed E-state index contributed by atoms with van der Waals surface area (Å²) in [5.74, 6) is 0.717. The van der Waals surface area contributed by atoms with Crippen LogP contribution in [0, 0.1) is 5.82 Å². The number of fused-ring (bicyclic) bond motifs is 3. The van der Waals surface area contributed by atoms with Crippen LogP contribution in [0.1, 0.15) is 42.9 Å². The number of nitrogens with one attached hydrogen (secondary N) is 2. The molecule has 3 unspecified atom stereocenters. The van der Waals surface area contributed by atoms with Gasteiger partial charge in [0.15, 0.2) is 11.8 Å². The van der Waals surface area contributed by atoms with Gasteiger partial charge < -0.3 is 34.4 Å². The Morgan fingerprint density at radius 1 is 1.12 bits per heavy atom. The summed E-state index contributed by atoms with van der Waals surface area (Å²) >= 11 is 6.56. The summed E-state index contributed by atoms with van der Waals surface area (Å²) in [6, 6.07) is 5.15. The first-order valence-electron chi connectivity index (χ1n) is 14.1. The highest BCUT2D eigenvalue weighted by atomic mass is 35.5. The molecule has 40 heavy (non-hydrogen) atoms. The molecule has 214 valence electrons. The molecule has 5 atom stereocenters. The third-order valence-electron chi connectivity index (χ3n) is 8.33. The molecule has 3 saturated heterocycles. The number of ether oxygens (including phenoxy) is 4. The Bertz CT molecular complexity index is 1380. The summed E-state index contributed by atoms with van der Waals surface area (Å²) in [6.45, 7) is 4.16. The van der Waals surface area contributed by atoms with Gasteiger partial charge in [-0.1, -0.05) is 18.0 Å². The summed E-state index contributed by atoms with van der Waals surface area (Å²) in [5, 5.41) is 13.7. The van der Waals surface area contributed by atoms with E-state index >= 15 is 4.39 Å². The Balaban J connectivity index is 1.02. The standard InChI is InChI=1S/C28H33ClFN5O5/c29-17-12-20-27(34-28(32-20)40-22-14-39-24-21(36)13-38-25(22)24)33-26(17)31-19-5-4-15-10-16(11-18(30)23(15)19)37-9-8-35-6-2-1-3-7-35/h10-12,19,21-22,24-25,36H,1-9,13-14H2,(H2,31,32,33,34)/t19?,21-,22-,24?,25?/m1/s1. The number of nitrogens with zero attached hydrogens (tertiary/aromatic N) is 3. The van der Waals surface area contributed by atoms with E-state index in [2.05, 4.69) is 25.2 Å². The number of hydrogen-bond donors (Lipinski definition) is 3. The van der Waals surface area contributed by atoms with Crippen LogP contribution in [-0.4, -0.2) is 88.8 Å². The van der Waals surface area contributed by atoms with Gasteiger partial charge in [0.2, 0.25) is 0 Å². The zero-order chi connectivity index (χ0) is 27.2. The van der Waals surface area contributed by atoms with Crippen LogP contribution in [0.4, 0.5) is 10.2 Å². The van der Waals surface area contributed by atoms with Gasteiger partial charge in [-0.05, 0) is 56.5 Å². The Morgan fingerprint density at radius 3 is 2.85 bits per heavy atom. The molecule has 0 spiro atoms. The Labute approximate surface area is 236 Å². The van der Waals surface area contributed by atoms with Crippen molar-refractivity contribution in [3.05, 3.63) is 40.2 Å². The van der Waals surface area contributed by atoms with Gasteiger partial charge in [-0.3, -0.25) is 4.90 Å². The lowest BCUT2D eigenvalue weighted by molar-refractivity contribution is 0.00706. The second-order valence-electron chi connectivity index (χ2n) is 11.0. The van der Waals surface area contributed by atoms with E-state index in [1.807, 2.05) is 6.07 Å². The molecule has 10 nitrogen and oxygen atoms in total. The minimum Gasteiger partial charge on any atom is -0.492 e. The highest BCUT2D eigenvalue weighted by molar-refractivity contribution is 6.33. The van der Waals surface area contributed by atoms with Crippen LogP contribution in [0.2, 0.25) is 5.02 Å². The number of aromatic amines is 1. The fourth-order valence-electron chi connectivity index (χ4n) is 6.30. The van der Waals surface area contributed by atoms with Crippen LogP contribution in [-0.2, 0) is 15.9 Å². The molecule has 1 aliphatic carbocycles. The average Bonchev–Trinajstić information content (AvgIpc) is 3.71. The first-order valence-corrected chi connectivity index (χ1v) is 14.5. The van der Waals surface area contributed by atoms with Crippen molar-refractivity contribution in [1.29, 1.82) is 0 Å². The number of likely N-dealkylation sites (tertiary alicyclic amines) is 1. The number of rotatable bonds is 8. The number of hydrogen-bond acceptors (Lipinski definition) is 9. The average molecular weight is 574 g/mol. The maximum atomic E-state index is 15.3. The number of aliphatic hydroxyl groups is 1. The van der Waals surface area contributed by atoms with E-state index in [0.29, 0.717) is 53.0 Å². The zero-order valence-corrected chi connectivity index (χ0v) is 22.8. The predicted molar refractivity (Wildman–Crippen MR) is 146 cm³/mol. The van der Waals surface area contributed by atoms with Gasteiger partial charge in [0.25, 0.3) is 6.01 Å². The van der Waals surface area contributed by atoms with E-state index in [1.54, 1.807) is 6.07 Å². The first kappa shape index (κ1) is 26.2. The molecule has 0 radical (unpaired) electrons. The normalized spacial score (nSPS) is 28.1. The lowest BCUT2D eigenvalue weighted by atomic mass is 10.1. The lowest BCUT2D eigenvalue weighted by Gasteiger charge is -2.26. The number of aliphatic hydroxyl groups excluding tert-OH is 1. The van der Waals surface area contributed by atoms with Crippen molar-refractivity contribution in [2.75, 3.05) is 44.8 Å². The monoisotopic (exact) mass is 573 g/mol. The van der Waals surface area contributed by atoms with Gasteiger partial charge in [0.1, 0.15) is 42.3 Å². The van der Waals surface area contributed by atoms with Crippen LogP contribution in [0.3, 0.4) is 0 Å². The molecule has 12 heteroatoms. The molecule has 3 aromatic rings. The zero-order valence-electron chi connectivity index (χ0n) is 22.1. The number of piperidine rings is 1. The van der Waals surface area contributed by atoms with Crippen LogP contribution < -0.4 is 14.8 Å². The molecule has 0 amide bonds. The smallest absolute Gasteiger partial charge is 0.296 e. The number of anilines is 1. The largest absolute Gasteiger partial charge is 0.492 e. The number of benzene rings is 1. The Hall–Kier alpha value is -2.70. The number of H-pyrrole nitrogens is 1. The van der Waals surface area contributed by atoms with Gasteiger partial charge in [-0.15, -0.1) is 0 Å². The number of pyridine rings is 1.